The van der Waals surface area contributed by atoms with E-state index in [0.717, 1.165) is 33.9 Å². The van der Waals surface area contributed by atoms with E-state index in [-0.39, 0.29) is 23.2 Å². The molecule has 7 nitrogen and oxygen atoms in total. The molecule has 1 N–H and O–H groups in total. The van der Waals surface area contributed by atoms with Crippen molar-refractivity contribution in [2.24, 2.45) is 5.92 Å². The molecule has 4 aromatic carbocycles. The van der Waals surface area contributed by atoms with E-state index in [1.54, 1.807) is 48.5 Å². The van der Waals surface area contributed by atoms with Gasteiger partial charge in [-0.2, -0.15) is 0 Å². The van der Waals surface area contributed by atoms with Crippen molar-refractivity contribution in [3.8, 4) is 0 Å². The van der Waals surface area contributed by atoms with Crippen molar-refractivity contribution in [1.29, 1.82) is 0 Å². The highest BCUT2D eigenvalue weighted by Gasteiger charge is 2.56. The quantitative estimate of drug-likeness (QED) is 0.266. The predicted octanol–water partition coefficient (Wildman–Crippen LogP) is 5.64. The van der Waals surface area contributed by atoms with Crippen LogP contribution in [0.1, 0.15) is 16.4 Å². The average Bonchev–Trinajstić information content (AvgIpc) is 3.44. The first kappa shape index (κ1) is 26.4. The molecule has 208 valence electrons. The third-order valence-corrected chi connectivity index (χ3v) is 10.3. The van der Waals surface area contributed by atoms with Crippen molar-refractivity contribution >= 4 is 63.0 Å². The van der Waals surface area contributed by atoms with Crippen molar-refractivity contribution in [2.45, 2.75) is 22.7 Å². The van der Waals surface area contributed by atoms with E-state index in [4.69, 9.17) is 0 Å². The Morgan fingerprint density at radius 3 is 2.33 bits per heavy atom. The second-order valence-electron chi connectivity index (χ2n) is 10.1. The fourth-order valence-electron chi connectivity index (χ4n) is 5.78. The number of rotatable bonds is 5. The summed E-state index contributed by atoms with van der Waals surface area (Å²) in [5, 5.41) is 4.42. The number of halogens is 1. The molecule has 0 bridgehead atoms. The Kier molecular flexibility index (Phi) is 6.52. The highest BCUT2D eigenvalue weighted by Crippen LogP contribution is 2.53. The Bertz CT molecular complexity index is 1930. The number of imide groups is 1. The molecule has 7 rings (SSSR count). The maximum Gasteiger partial charge on any atom is 0.308 e. The van der Waals surface area contributed by atoms with Crippen LogP contribution < -0.4 is 15.1 Å². The highest BCUT2D eigenvalue weighted by atomic mass is 32.2. The largest absolute Gasteiger partial charge is 0.324 e. The summed E-state index contributed by atoms with van der Waals surface area (Å²) >= 11 is 2.10. The molecule has 5 aromatic rings. The first-order valence-electron chi connectivity index (χ1n) is 13.3. The van der Waals surface area contributed by atoms with Gasteiger partial charge in [-0.1, -0.05) is 89.8 Å². The molecule has 2 aliphatic rings. The third-order valence-electron chi connectivity index (χ3n) is 7.66. The molecule has 10 heteroatoms. The zero-order chi connectivity index (χ0) is 29.0. The number of hydrogen-bond donors (Lipinski definition) is 1. The van der Waals surface area contributed by atoms with Crippen LogP contribution >= 0.6 is 23.1 Å². The minimum Gasteiger partial charge on any atom is -0.324 e. The van der Waals surface area contributed by atoms with Crippen molar-refractivity contribution in [1.82, 2.24) is 4.57 Å². The normalized spacial score (nSPS) is 19.5. The monoisotopic (exact) mass is 595 g/mol. The van der Waals surface area contributed by atoms with Gasteiger partial charge in [0.2, 0.25) is 17.7 Å². The average molecular weight is 596 g/mol. The number of amides is 3. The number of aromatic nitrogens is 1. The van der Waals surface area contributed by atoms with Crippen LogP contribution in [-0.4, -0.2) is 27.5 Å². The predicted molar refractivity (Wildman–Crippen MR) is 161 cm³/mol. The SMILES string of the molecule is O=C(Cn1c2c(sc1=O)C(c1ccc(F)cc1)C1C(=O)N(c3ccccc3)C(=O)C1S2)Nc1cccc2ccccc12. The lowest BCUT2D eigenvalue weighted by molar-refractivity contribution is -0.122. The maximum absolute atomic E-state index is 13.9. The van der Waals surface area contributed by atoms with Gasteiger partial charge in [0.15, 0.2) is 0 Å². The first-order chi connectivity index (χ1) is 20.4. The van der Waals surface area contributed by atoms with E-state index >= 15 is 0 Å². The Hall–Kier alpha value is -4.54. The van der Waals surface area contributed by atoms with Gasteiger partial charge in [-0.25, -0.2) is 9.29 Å². The minimum atomic E-state index is -0.818. The van der Waals surface area contributed by atoms with Crippen LogP contribution in [-0.2, 0) is 20.9 Å². The first-order valence-corrected chi connectivity index (χ1v) is 15.0. The molecule has 3 atom stereocenters. The summed E-state index contributed by atoms with van der Waals surface area (Å²) in [7, 11) is 0. The van der Waals surface area contributed by atoms with Gasteiger partial charge < -0.3 is 5.32 Å². The molecule has 0 radical (unpaired) electrons. The van der Waals surface area contributed by atoms with E-state index in [9.17, 15) is 23.6 Å². The molecule has 3 heterocycles. The van der Waals surface area contributed by atoms with Crippen molar-refractivity contribution in [3.63, 3.8) is 0 Å². The summed E-state index contributed by atoms with van der Waals surface area (Å²) in [6, 6.07) is 27.8. The van der Waals surface area contributed by atoms with Crippen LogP contribution in [0.4, 0.5) is 15.8 Å². The Labute approximate surface area is 247 Å². The second-order valence-corrected chi connectivity index (χ2v) is 12.3. The van der Waals surface area contributed by atoms with Crippen molar-refractivity contribution in [2.75, 3.05) is 10.2 Å². The van der Waals surface area contributed by atoms with Gasteiger partial charge in [0.1, 0.15) is 17.6 Å². The molecule has 2 aliphatic heterocycles. The summed E-state index contributed by atoms with van der Waals surface area (Å²) < 4.78 is 15.3. The standard InChI is InChI=1S/C32H22FN3O4S2/c33-20-15-13-19(14-16-20)25-26-27(30(39)36(29(26)38)21-9-2-1-3-10-21)41-31-28(25)42-32(40)35(31)17-24(37)34-23-12-6-8-18-7-4-5-11-22(18)23/h1-16,25-27H,17H2,(H,34,37). The van der Waals surface area contributed by atoms with Crippen molar-refractivity contribution < 1.29 is 18.8 Å². The number of carbonyl (C=O) groups is 3. The summed E-state index contributed by atoms with van der Waals surface area (Å²) in [5.74, 6) is -3.03. The van der Waals surface area contributed by atoms with E-state index in [1.165, 1.54) is 21.6 Å². The van der Waals surface area contributed by atoms with E-state index in [0.29, 0.717) is 26.8 Å². The van der Waals surface area contributed by atoms with Crippen LogP contribution in [0.15, 0.2) is 107 Å². The van der Waals surface area contributed by atoms with Crippen LogP contribution in [0.2, 0.25) is 0 Å². The van der Waals surface area contributed by atoms with Crippen LogP contribution in [0.25, 0.3) is 10.8 Å². The lowest BCUT2D eigenvalue weighted by atomic mass is 9.83. The van der Waals surface area contributed by atoms with E-state index in [2.05, 4.69) is 5.32 Å². The number of carbonyl (C=O) groups excluding carboxylic acids is 3. The fraction of sp³-hybridized carbons (Fsp3) is 0.125. The lowest BCUT2D eigenvalue weighted by Gasteiger charge is -2.30. The number of benzene rings is 4. The van der Waals surface area contributed by atoms with Crippen molar-refractivity contribution in [3.05, 3.63) is 123 Å². The molecule has 0 aliphatic carbocycles. The van der Waals surface area contributed by atoms with Gasteiger partial charge >= 0.3 is 4.87 Å². The second kappa shape index (κ2) is 10.4. The maximum atomic E-state index is 13.9. The number of thioether (sulfide) groups is 1. The fourth-order valence-corrected chi connectivity index (χ4v) is 8.56. The van der Waals surface area contributed by atoms with E-state index in [1.807, 2.05) is 36.4 Å². The van der Waals surface area contributed by atoms with Crippen LogP contribution in [0.5, 0.6) is 0 Å². The number of nitrogens with one attached hydrogen (secondary N) is 1. The molecular formula is C32H22FN3O4S2. The zero-order valence-corrected chi connectivity index (χ0v) is 23.5. The zero-order valence-electron chi connectivity index (χ0n) is 21.9. The van der Waals surface area contributed by atoms with Crippen LogP contribution in [0.3, 0.4) is 0 Å². The number of thiazole rings is 1. The topological polar surface area (TPSA) is 88.5 Å². The number of nitrogens with zero attached hydrogens (tertiary/aromatic N) is 2. The molecule has 1 saturated heterocycles. The lowest BCUT2D eigenvalue weighted by Crippen LogP contribution is -2.33. The molecule has 42 heavy (non-hydrogen) atoms. The van der Waals surface area contributed by atoms with Gasteiger partial charge in [0.05, 0.1) is 16.6 Å². The number of para-hydroxylation sites is 1. The summed E-state index contributed by atoms with van der Waals surface area (Å²) in [5.41, 5.74) is 1.72. The van der Waals surface area contributed by atoms with Gasteiger partial charge in [-0.15, -0.1) is 0 Å². The number of fused-ring (bicyclic) bond motifs is 3. The highest BCUT2D eigenvalue weighted by molar-refractivity contribution is 8.00. The third kappa shape index (κ3) is 4.34. The van der Waals surface area contributed by atoms with Gasteiger partial charge in [-0.3, -0.25) is 23.7 Å². The summed E-state index contributed by atoms with van der Waals surface area (Å²) in [4.78, 5) is 55.7. The molecule has 1 fully saturated rings. The molecular weight excluding hydrogens is 574 g/mol. The molecule has 0 saturated carbocycles. The molecule has 3 amide bonds. The number of hydrogen-bond acceptors (Lipinski definition) is 6. The molecule has 1 aromatic heterocycles. The smallest absolute Gasteiger partial charge is 0.308 e. The summed E-state index contributed by atoms with van der Waals surface area (Å²) in [6.45, 7) is -0.265. The Morgan fingerprint density at radius 1 is 0.833 bits per heavy atom. The minimum absolute atomic E-state index is 0.265. The van der Waals surface area contributed by atoms with Gasteiger partial charge in [0.25, 0.3) is 0 Å². The summed E-state index contributed by atoms with van der Waals surface area (Å²) in [6.07, 6.45) is 0. The Morgan fingerprint density at radius 2 is 1.55 bits per heavy atom. The Balaban J connectivity index is 1.28. The number of anilines is 2. The van der Waals surface area contributed by atoms with Crippen LogP contribution in [0, 0.1) is 11.7 Å². The molecule has 3 unspecified atom stereocenters. The van der Waals surface area contributed by atoms with E-state index < -0.39 is 28.8 Å². The van der Waals surface area contributed by atoms with Gasteiger partial charge in [-0.05, 0) is 41.3 Å². The van der Waals surface area contributed by atoms with Gasteiger partial charge in [0, 0.05) is 21.9 Å². The molecule has 0 spiro atoms.